The van der Waals surface area contributed by atoms with E-state index in [9.17, 15) is 8.42 Å². The van der Waals surface area contributed by atoms with E-state index in [0.29, 0.717) is 5.69 Å². The molecule has 74 valence electrons. The van der Waals surface area contributed by atoms with Crippen LogP contribution in [-0.2, 0) is 22.6 Å². The van der Waals surface area contributed by atoms with Gasteiger partial charge in [-0.2, -0.15) is 0 Å². The molecule has 0 atom stereocenters. The third-order valence-electron chi connectivity index (χ3n) is 1.97. The van der Waals surface area contributed by atoms with Gasteiger partial charge in [0.25, 0.3) is 0 Å². The fourth-order valence-electron chi connectivity index (χ4n) is 1.03. The average molecular weight is 202 g/mol. The molecule has 0 aliphatic rings. The highest BCUT2D eigenvalue weighted by molar-refractivity contribution is 7.90. The third-order valence-corrected chi connectivity index (χ3v) is 3.58. The predicted octanol–water partition coefficient (Wildman–Crippen LogP) is 0.663. The fourth-order valence-corrected chi connectivity index (χ4v) is 1.82. The molecule has 0 aliphatic carbocycles. The van der Waals surface area contributed by atoms with Crippen LogP contribution in [0.4, 0.5) is 0 Å². The van der Waals surface area contributed by atoms with Crippen LogP contribution in [0.1, 0.15) is 18.4 Å². The van der Waals surface area contributed by atoms with Crippen LogP contribution >= 0.6 is 0 Å². The molecule has 0 saturated heterocycles. The zero-order valence-electron chi connectivity index (χ0n) is 8.11. The molecule has 13 heavy (non-hydrogen) atoms. The van der Waals surface area contributed by atoms with Crippen molar-refractivity contribution in [1.82, 2.24) is 9.55 Å². The first-order chi connectivity index (χ1) is 5.94. The Bertz CT molecular complexity index is 373. The molecule has 0 aliphatic heterocycles. The average Bonchev–Trinajstić information content (AvgIpc) is 2.30. The van der Waals surface area contributed by atoms with Crippen molar-refractivity contribution in [2.45, 2.75) is 19.6 Å². The van der Waals surface area contributed by atoms with E-state index in [1.807, 2.05) is 18.5 Å². The van der Waals surface area contributed by atoms with Crippen LogP contribution in [0.2, 0.25) is 0 Å². The van der Waals surface area contributed by atoms with Gasteiger partial charge in [-0.15, -0.1) is 0 Å². The SMILES string of the molecule is CCS(=O)(=O)Cc1cn(C)c(C)n1. The number of sulfone groups is 1. The Morgan fingerprint density at radius 2 is 2.15 bits per heavy atom. The van der Waals surface area contributed by atoms with Crippen molar-refractivity contribution in [3.05, 3.63) is 17.7 Å². The van der Waals surface area contributed by atoms with Gasteiger partial charge in [-0.3, -0.25) is 0 Å². The highest BCUT2D eigenvalue weighted by Crippen LogP contribution is 2.05. The fraction of sp³-hybridized carbons (Fsp3) is 0.625. The van der Waals surface area contributed by atoms with Gasteiger partial charge in [0.1, 0.15) is 5.82 Å². The Kier molecular flexibility index (Phi) is 2.75. The van der Waals surface area contributed by atoms with E-state index in [-0.39, 0.29) is 11.5 Å². The van der Waals surface area contributed by atoms with Crippen LogP contribution in [0.25, 0.3) is 0 Å². The second-order valence-corrected chi connectivity index (χ2v) is 5.42. The Morgan fingerprint density at radius 1 is 1.54 bits per heavy atom. The molecule has 1 aromatic rings. The first kappa shape index (κ1) is 10.2. The van der Waals surface area contributed by atoms with Crippen LogP contribution < -0.4 is 0 Å². The minimum atomic E-state index is -2.95. The lowest BCUT2D eigenvalue weighted by atomic mass is 10.6. The smallest absolute Gasteiger partial charge is 0.155 e. The minimum Gasteiger partial charge on any atom is -0.338 e. The standard InChI is InChI=1S/C8H14N2O2S/c1-4-13(11,12)6-8-5-10(3)7(2)9-8/h5H,4,6H2,1-3H3. The topological polar surface area (TPSA) is 52.0 Å². The molecule has 0 aromatic carbocycles. The molecule has 0 radical (unpaired) electrons. The highest BCUT2D eigenvalue weighted by atomic mass is 32.2. The van der Waals surface area contributed by atoms with Gasteiger partial charge in [-0.1, -0.05) is 6.92 Å². The summed E-state index contributed by atoms with van der Waals surface area (Å²) < 4.78 is 24.3. The number of aromatic nitrogens is 2. The van der Waals surface area contributed by atoms with E-state index in [1.54, 1.807) is 13.1 Å². The molecule has 0 unspecified atom stereocenters. The normalized spacial score (nSPS) is 11.9. The summed E-state index contributed by atoms with van der Waals surface area (Å²) >= 11 is 0. The molecule has 0 spiro atoms. The predicted molar refractivity (Wildman–Crippen MR) is 51.1 cm³/mol. The van der Waals surface area contributed by atoms with Crippen molar-refractivity contribution >= 4 is 9.84 Å². The number of rotatable bonds is 3. The van der Waals surface area contributed by atoms with Crippen molar-refractivity contribution < 1.29 is 8.42 Å². The van der Waals surface area contributed by atoms with E-state index in [2.05, 4.69) is 4.98 Å². The number of imidazole rings is 1. The minimum absolute atomic E-state index is 0.0468. The van der Waals surface area contributed by atoms with Crippen molar-refractivity contribution in [3.8, 4) is 0 Å². The molecule has 1 aromatic heterocycles. The van der Waals surface area contributed by atoms with Crippen molar-refractivity contribution in [3.63, 3.8) is 0 Å². The Labute approximate surface area is 78.5 Å². The number of hydrogen-bond donors (Lipinski definition) is 0. The molecular formula is C8H14N2O2S. The lowest BCUT2D eigenvalue weighted by molar-refractivity contribution is 0.596. The third kappa shape index (κ3) is 2.55. The molecule has 0 amide bonds. The zero-order valence-corrected chi connectivity index (χ0v) is 8.93. The monoisotopic (exact) mass is 202 g/mol. The van der Waals surface area contributed by atoms with Gasteiger partial charge < -0.3 is 4.57 Å². The number of aryl methyl sites for hydroxylation is 2. The molecule has 0 saturated carbocycles. The first-order valence-corrected chi connectivity index (χ1v) is 5.96. The number of nitrogens with zero attached hydrogens (tertiary/aromatic N) is 2. The summed E-state index contributed by atoms with van der Waals surface area (Å²) in [4.78, 5) is 4.13. The second kappa shape index (κ2) is 3.49. The van der Waals surface area contributed by atoms with Crippen molar-refractivity contribution in [2.24, 2.45) is 7.05 Å². The summed E-state index contributed by atoms with van der Waals surface area (Å²) in [5.41, 5.74) is 0.627. The maximum absolute atomic E-state index is 11.2. The molecular weight excluding hydrogens is 188 g/mol. The van der Waals surface area contributed by atoms with Gasteiger partial charge in [0.15, 0.2) is 9.84 Å². The van der Waals surface area contributed by atoms with Crippen LogP contribution in [0.15, 0.2) is 6.20 Å². The highest BCUT2D eigenvalue weighted by Gasteiger charge is 2.11. The molecule has 1 heterocycles. The van der Waals surface area contributed by atoms with Crippen LogP contribution in [0.3, 0.4) is 0 Å². The Hall–Kier alpha value is -0.840. The second-order valence-electron chi connectivity index (χ2n) is 3.07. The van der Waals surface area contributed by atoms with Crippen molar-refractivity contribution in [1.29, 1.82) is 0 Å². The molecule has 0 N–H and O–H groups in total. The molecule has 5 heteroatoms. The maximum Gasteiger partial charge on any atom is 0.155 e. The quantitative estimate of drug-likeness (QED) is 0.723. The largest absolute Gasteiger partial charge is 0.338 e. The van der Waals surface area contributed by atoms with Gasteiger partial charge in [0.05, 0.1) is 11.4 Å². The van der Waals surface area contributed by atoms with E-state index in [1.165, 1.54) is 0 Å². The molecule has 0 fully saturated rings. The van der Waals surface area contributed by atoms with Gasteiger partial charge in [-0.05, 0) is 6.92 Å². The molecule has 1 rings (SSSR count). The van der Waals surface area contributed by atoms with E-state index in [4.69, 9.17) is 0 Å². The Balaban J connectivity index is 2.87. The summed E-state index contributed by atoms with van der Waals surface area (Å²) in [7, 11) is -1.10. The summed E-state index contributed by atoms with van der Waals surface area (Å²) in [6, 6.07) is 0. The number of hydrogen-bond acceptors (Lipinski definition) is 3. The van der Waals surface area contributed by atoms with E-state index >= 15 is 0 Å². The molecule has 4 nitrogen and oxygen atoms in total. The maximum atomic E-state index is 11.2. The van der Waals surface area contributed by atoms with Crippen LogP contribution in [0.5, 0.6) is 0 Å². The van der Waals surface area contributed by atoms with Gasteiger partial charge in [-0.25, -0.2) is 13.4 Å². The van der Waals surface area contributed by atoms with Crippen LogP contribution in [0, 0.1) is 6.92 Å². The van der Waals surface area contributed by atoms with Crippen LogP contribution in [-0.4, -0.2) is 23.7 Å². The van der Waals surface area contributed by atoms with Gasteiger partial charge >= 0.3 is 0 Å². The summed E-state index contributed by atoms with van der Waals surface area (Å²) in [5, 5.41) is 0. The summed E-state index contributed by atoms with van der Waals surface area (Å²) in [6.45, 7) is 3.49. The summed E-state index contributed by atoms with van der Waals surface area (Å²) in [6.07, 6.45) is 1.75. The van der Waals surface area contributed by atoms with Gasteiger partial charge in [0, 0.05) is 19.0 Å². The van der Waals surface area contributed by atoms with Gasteiger partial charge in [0.2, 0.25) is 0 Å². The molecule has 0 bridgehead atoms. The first-order valence-electron chi connectivity index (χ1n) is 4.14. The van der Waals surface area contributed by atoms with E-state index < -0.39 is 9.84 Å². The Morgan fingerprint density at radius 3 is 2.54 bits per heavy atom. The van der Waals surface area contributed by atoms with E-state index in [0.717, 1.165) is 5.82 Å². The summed E-state index contributed by atoms with van der Waals surface area (Å²) in [5.74, 6) is 1.05. The zero-order chi connectivity index (χ0) is 10.1. The lowest BCUT2D eigenvalue weighted by Gasteiger charge is -1.95. The lowest BCUT2D eigenvalue weighted by Crippen LogP contribution is -2.06. The van der Waals surface area contributed by atoms with Crippen molar-refractivity contribution in [2.75, 3.05) is 5.75 Å².